The van der Waals surface area contributed by atoms with Crippen molar-refractivity contribution in [2.75, 3.05) is 20.2 Å². The second-order valence-corrected chi connectivity index (χ2v) is 8.60. The first-order chi connectivity index (χ1) is 17.6. The molecule has 2 aliphatic heterocycles. The van der Waals surface area contributed by atoms with Crippen molar-refractivity contribution >= 4 is 11.9 Å². The maximum Gasteiger partial charge on any atom is 0.490 e. The Hall–Kier alpha value is -3.11. The van der Waals surface area contributed by atoms with Gasteiger partial charge < -0.3 is 23.9 Å². The molecule has 0 saturated carbocycles. The predicted octanol–water partition coefficient (Wildman–Crippen LogP) is 3.14. The standard InChI is InChI=1S/C18H26N4O2.2C2HF3O2/c1-20-8-7-19-17(20)13-22-12-16(18-15(22)6-4-10-24-18)21(2)11-14-5-3-9-23-14;2*3-2(4,5)1(6)7/h3,5,7-9,15-16,18H,4,6,10-13H2,1-2H3;2*(H,6,7)/t15-,16-,18+;;/m1../s1. The third kappa shape index (κ3) is 9.02. The molecule has 0 spiro atoms. The number of aryl methyl sites for hydroxylation is 1. The number of aliphatic carboxylic acids is 2. The highest BCUT2D eigenvalue weighted by Crippen LogP contribution is 2.32. The van der Waals surface area contributed by atoms with Crippen molar-refractivity contribution < 1.29 is 55.3 Å². The first-order valence-corrected chi connectivity index (χ1v) is 11.3. The van der Waals surface area contributed by atoms with Crippen LogP contribution in [0.4, 0.5) is 26.3 Å². The van der Waals surface area contributed by atoms with Crippen LogP contribution >= 0.6 is 0 Å². The van der Waals surface area contributed by atoms with E-state index in [-0.39, 0.29) is 6.10 Å². The van der Waals surface area contributed by atoms with Gasteiger partial charge in [-0.3, -0.25) is 9.80 Å². The summed E-state index contributed by atoms with van der Waals surface area (Å²) in [5.41, 5.74) is 0. The minimum Gasteiger partial charge on any atom is -0.475 e. The number of alkyl halides is 6. The van der Waals surface area contributed by atoms with Gasteiger partial charge in [-0.1, -0.05) is 0 Å². The van der Waals surface area contributed by atoms with E-state index in [1.165, 1.54) is 6.42 Å². The SMILES string of the molecule is CN(Cc1ccco1)[C@@H]1CN(Cc2nccn2C)[C@@H]2CCCO[C@H]12.O=C(O)C(F)(F)F.O=C(O)C(F)(F)F. The lowest BCUT2D eigenvalue weighted by molar-refractivity contribution is -0.193. The van der Waals surface area contributed by atoms with Crippen molar-refractivity contribution in [2.24, 2.45) is 7.05 Å². The molecule has 2 aromatic rings. The van der Waals surface area contributed by atoms with Crippen LogP contribution in [-0.2, 0) is 34.5 Å². The van der Waals surface area contributed by atoms with Gasteiger partial charge in [-0.25, -0.2) is 14.6 Å². The van der Waals surface area contributed by atoms with Gasteiger partial charge in [-0.15, -0.1) is 0 Å². The molecule has 0 radical (unpaired) electrons. The number of ether oxygens (including phenoxy) is 1. The van der Waals surface area contributed by atoms with Crippen LogP contribution in [0.25, 0.3) is 0 Å². The number of hydrogen-bond donors (Lipinski definition) is 2. The quantitative estimate of drug-likeness (QED) is 0.533. The fourth-order valence-electron chi connectivity index (χ4n) is 4.09. The fraction of sp³-hybridized carbons (Fsp3) is 0.591. The van der Waals surface area contributed by atoms with Crippen LogP contribution in [0.5, 0.6) is 0 Å². The third-order valence-corrected chi connectivity index (χ3v) is 5.91. The summed E-state index contributed by atoms with van der Waals surface area (Å²) in [7, 11) is 4.24. The number of nitrogens with zero attached hydrogens (tertiary/aromatic N) is 4. The van der Waals surface area contributed by atoms with E-state index >= 15 is 0 Å². The summed E-state index contributed by atoms with van der Waals surface area (Å²) in [6, 6.07) is 4.86. The first-order valence-electron chi connectivity index (χ1n) is 11.3. The van der Waals surface area contributed by atoms with Crippen LogP contribution in [0.3, 0.4) is 0 Å². The van der Waals surface area contributed by atoms with Gasteiger partial charge in [0.05, 0.1) is 31.5 Å². The fourth-order valence-corrected chi connectivity index (χ4v) is 4.09. The van der Waals surface area contributed by atoms with Gasteiger partial charge in [0.25, 0.3) is 0 Å². The molecule has 0 aromatic carbocycles. The van der Waals surface area contributed by atoms with E-state index in [4.69, 9.17) is 29.0 Å². The first kappa shape index (κ1) is 31.1. The molecule has 2 saturated heterocycles. The van der Waals surface area contributed by atoms with Crippen molar-refractivity contribution in [3.63, 3.8) is 0 Å². The maximum absolute atomic E-state index is 10.6. The highest BCUT2D eigenvalue weighted by Gasteiger charge is 2.45. The average Bonchev–Trinajstić information content (AvgIpc) is 3.55. The van der Waals surface area contributed by atoms with E-state index in [0.29, 0.717) is 12.1 Å². The van der Waals surface area contributed by atoms with Gasteiger partial charge in [-0.2, -0.15) is 26.3 Å². The molecule has 10 nitrogen and oxygen atoms in total. The van der Waals surface area contributed by atoms with E-state index in [9.17, 15) is 26.3 Å². The van der Waals surface area contributed by atoms with Crippen LogP contribution in [0, 0.1) is 0 Å². The molecular formula is C22H28F6N4O6. The normalized spacial score (nSPS) is 21.7. The van der Waals surface area contributed by atoms with Gasteiger partial charge in [0.2, 0.25) is 0 Å². The minimum atomic E-state index is -5.08. The zero-order valence-corrected chi connectivity index (χ0v) is 20.4. The Kier molecular flexibility index (Phi) is 10.7. The summed E-state index contributed by atoms with van der Waals surface area (Å²) >= 11 is 0. The maximum atomic E-state index is 10.6. The number of imidazole rings is 1. The van der Waals surface area contributed by atoms with Gasteiger partial charge in [0.15, 0.2) is 0 Å². The molecule has 2 aromatic heterocycles. The lowest BCUT2D eigenvalue weighted by Crippen LogP contribution is -2.46. The van der Waals surface area contributed by atoms with Gasteiger partial charge in [-0.05, 0) is 32.0 Å². The summed E-state index contributed by atoms with van der Waals surface area (Å²) in [6.07, 6.45) is -1.90. The van der Waals surface area contributed by atoms with Crippen molar-refractivity contribution in [1.82, 2.24) is 19.4 Å². The average molecular weight is 558 g/mol. The van der Waals surface area contributed by atoms with E-state index in [1.54, 1.807) is 6.26 Å². The molecule has 4 heterocycles. The van der Waals surface area contributed by atoms with E-state index < -0.39 is 24.3 Å². The second kappa shape index (κ2) is 13.1. The highest BCUT2D eigenvalue weighted by molar-refractivity contribution is 5.73. The largest absolute Gasteiger partial charge is 0.490 e. The molecule has 0 amide bonds. The Morgan fingerprint density at radius 3 is 2.24 bits per heavy atom. The topological polar surface area (TPSA) is 121 Å². The van der Waals surface area contributed by atoms with Crippen LogP contribution in [0.2, 0.25) is 0 Å². The summed E-state index contributed by atoms with van der Waals surface area (Å²) < 4.78 is 77.3. The van der Waals surface area contributed by atoms with E-state index in [1.807, 2.05) is 24.5 Å². The number of aromatic nitrogens is 2. The number of rotatable bonds is 5. The van der Waals surface area contributed by atoms with Crippen LogP contribution in [0.1, 0.15) is 24.4 Å². The zero-order chi connectivity index (χ0) is 28.7. The Labute approximate surface area is 213 Å². The van der Waals surface area contributed by atoms with Crippen molar-refractivity contribution in [3.05, 3.63) is 42.4 Å². The Bertz CT molecular complexity index is 1000. The molecule has 2 N–H and O–H groups in total. The number of likely N-dealkylation sites (N-methyl/N-ethyl adjacent to an activating group) is 1. The lowest BCUT2D eigenvalue weighted by Gasteiger charge is -2.34. The third-order valence-electron chi connectivity index (χ3n) is 5.91. The number of carbonyl (C=O) groups is 2. The second-order valence-electron chi connectivity index (χ2n) is 8.60. The molecule has 0 aliphatic carbocycles. The summed E-state index contributed by atoms with van der Waals surface area (Å²) in [6.45, 7) is 3.60. The number of hydrogen-bond acceptors (Lipinski definition) is 7. The highest BCUT2D eigenvalue weighted by atomic mass is 19.4. The molecule has 2 fully saturated rings. The molecule has 2 aliphatic rings. The Morgan fingerprint density at radius 1 is 1.16 bits per heavy atom. The molecule has 0 bridgehead atoms. The summed E-state index contributed by atoms with van der Waals surface area (Å²) in [5.74, 6) is -3.39. The summed E-state index contributed by atoms with van der Waals surface area (Å²) in [5, 5.41) is 14.2. The molecular weight excluding hydrogens is 530 g/mol. The summed E-state index contributed by atoms with van der Waals surface area (Å²) in [4.78, 5) is 27.2. The number of carboxylic acids is 2. The van der Waals surface area contributed by atoms with Crippen LogP contribution in [-0.4, -0.2) is 92.2 Å². The predicted molar refractivity (Wildman–Crippen MR) is 118 cm³/mol. The molecule has 38 heavy (non-hydrogen) atoms. The zero-order valence-electron chi connectivity index (χ0n) is 20.4. The van der Waals surface area contributed by atoms with Gasteiger partial charge >= 0.3 is 24.3 Å². The molecule has 3 atom stereocenters. The molecule has 16 heteroatoms. The molecule has 0 unspecified atom stereocenters. The monoisotopic (exact) mass is 558 g/mol. The smallest absolute Gasteiger partial charge is 0.475 e. The lowest BCUT2D eigenvalue weighted by atomic mass is 10.00. The van der Waals surface area contributed by atoms with E-state index in [2.05, 4.69) is 33.4 Å². The molecule has 214 valence electrons. The van der Waals surface area contributed by atoms with Gasteiger partial charge in [0, 0.05) is 38.6 Å². The number of likely N-dealkylation sites (tertiary alicyclic amines) is 1. The van der Waals surface area contributed by atoms with Crippen LogP contribution < -0.4 is 0 Å². The van der Waals surface area contributed by atoms with Crippen LogP contribution in [0.15, 0.2) is 35.2 Å². The number of fused-ring (bicyclic) bond motifs is 1. The number of halogens is 6. The van der Waals surface area contributed by atoms with Crippen molar-refractivity contribution in [2.45, 2.75) is 56.5 Å². The Balaban J connectivity index is 0.000000301. The van der Waals surface area contributed by atoms with Crippen molar-refractivity contribution in [3.8, 4) is 0 Å². The van der Waals surface area contributed by atoms with Crippen molar-refractivity contribution in [1.29, 1.82) is 0 Å². The number of furan rings is 1. The van der Waals surface area contributed by atoms with E-state index in [0.717, 1.165) is 44.2 Å². The minimum absolute atomic E-state index is 0.277. The molecule has 4 rings (SSSR count). The number of carboxylic acid groups (broad SMARTS) is 2. The Morgan fingerprint density at radius 2 is 1.76 bits per heavy atom. The van der Waals surface area contributed by atoms with Gasteiger partial charge in [0.1, 0.15) is 11.6 Å².